The molecule has 3 aromatic rings. The number of aliphatic imine (C=N–C) groups is 1. The number of furan rings is 1. The molecule has 31 heavy (non-hydrogen) atoms. The van der Waals surface area contributed by atoms with Gasteiger partial charge in [0.2, 0.25) is 0 Å². The minimum absolute atomic E-state index is 0.0147. The predicted molar refractivity (Wildman–Crippen MR) is 125 cm³/mol. The molecule has 0 aliphatic carbocycles. The number of amides is 1. The Morgan fingerprint density at radius 1 is 1.13 bits per heavy atom. The Bertz CT molecular complexity index is 1260. The van der Waals surface area contributed by atoms with Gasteiger partial charge >= 0.3 is 0 Å². The number of benzene rings is 2. The number of carbonyl (C=O) groups excluding carboxylic acids is 1. The van der Waals surface area contributed by atoms with E-state index < -0.39 is 4.92 Å². The first-order valence-corrected chi connectivity index (χ1v) is 10.8. The largest absolute Gasteiger partial charge is 0.457 e. The number of hydrogen-bond acceptors (Lipinski definition) is 6. The van der Waals surface area contributed by atoms with Crippen LogP contribution in [-0.4, -0.2) is 16.0 Å². The van der Waals surface area contributed by atoms with E-state index in [0.29, 0.717) is 31.6 Å². The van der Waals surface area contributed by atoms with Crippen molar-refractivity contribution in [3.8, 4) is 11.3 Å². The van der Waals surface area contributed by atoms with Crippen LogP contribution in [0.4, 0.5) is 11.4 Å². The van der Waals surface area contributed by atoms with Crippen LogP contribution in [0.2, 0.25) is 0 Å². The SMILES string of the molecule is Cc1cc(C)cc(N=C2NC(=O)/C(=C\c3ccc(-c4ccc([N+](=O)[O-])cc4Br)o3)S2)c1. The molecule has 1 aliphatic rings. The number of nitro groups is 1. The summed E-state index contributed by atoms with van der Waals surface area (Å²) in [6.45, 7) is 4.00. The zero-order valence-corrected chi connectivity index (χ0v) is 18.9. The van der Waals surface area contributed by atoms with Gasteiger partial charge in [-0.3, -0.25) is 14.9 Å². The van der Waals surface area contributed by atoms with Crippen molar-refractivity contribution in [3.05, 3.63) is 84.9 Å². The van der Waals surface area contributed by atoms with E-state index in [4.69, 9.17) is 4.42 Å². The lowest BCUT2D eigenvalue weighted by atomic mass is 10.1. The van der Waals surface area contributed by atoms with Gasteiger partial charge in [0, 0.05) is 28.2 Å². The maximum atomic E-state index is 12.4. The zero-order chi connectivity index (χ0) is 22.1. The first-order chi connectivity index (χ1) is 14.8. The van der Waals surface area contributed by atoms with Crippen molar-refractivity contribution in [2.75, 3.05) is 0 Å². The van der Waals surface area contributed by atoms with Gasteiger partial charge in [-0.05, 0) is 83.0 Å². The second kappa shape index (κ2) is 8.52. The minimum Gasteiger partial charge on any atom is -0.457 e. The molecule has 0 spiro atoms. The lowest BCUT2D eigenvalue weighted by Gasteiger charge is -2.01. The second-order valence-corrected chi connectivity index (χ2v) is 8.84. The van der Waals surface area contributed by atoms with E-state index in [1.54, 1.807) is 24.3 Å². The average Bonchev–Trinajstić information content (AvgIpc) is 3.27. The fraction of sp³-hybridized carbons (Fsp3) is 0.0909. The summed E-state index contributed by atoms with van der Waals surface area (Å²) in [5.74, 6) is 0.772. The average molecular weight is 498 g/mol. The van der Waals surface area contributed by atoms with Crippen molar-refractivity contribution in [2.45, 2.75) is 13.8 Å². The number of carbonyl (C=O) groups is 1. The van der Waals surface area contributed by atoms with E-state index in [9.17, 15) is 14.9 Å². The van der Waals surface area contributed by atoms with Gasteiger partial charge in [-0.15, -0.1) is 0 Å². The van der Waals surface area contributed by atoms with Gasteiger partial charge < -0.3 is 9.73 Å². The maximum absolute atomic E-state index is 12.4. The van der Waals surface area contributed by atoms with Gasteiger partial charge in [-0.1, -0.05) is 6.07 Å². The van der Waals surface area contributed by atoms with Crippen molar-refractivity contribution < 1.29 is 14.1 Å². The number of aryl methyl sites for hydroxylation is 2. The summed E-state index contributed by atoms with van der Waals surface area (Å²) < 4.78 is 6.38. The molecule has 0 unspecified atom stereocenters. The standard InChI is InChI=1S/C22H16BrN3O4S/c1-12-7-13(2)9-14(8-12)24-22-25-21(27)20(31-22)11-16-4-6-19(30-16)17-5-3-15(26(28)29)10-18(17)23/h3-11H,1-2H3,(H,24,25,27)/b20-11+. The van der Waals surface area contributed by atoms with E-state index in [1.807, 2.05) is 26.0 Å². The fourth-order valence-electron chi connectivity index (χ4n) is 3.13. The van der Waals surface area contributed by atoms with Crippen molar-refractivity contribution >= 4 is 56.2 Å². The van der Waals surface area contributed by atoms with Crippen molar-refractivity contribution in [1.82, 2.24) is 5.32 Å². The van der Waals surface area contributed by atoms with Crippen molar-refractivity contribution in [2.24, 2.45) is 4.99 Å². The van der Waals surface area contributed by atoms with Crippen molar-refractivity contribution in [1.29, 1.82) is 0 Å². The number of nitrogens with one attached hydrogen (secondary N) is 1. The highest BCUT2D eigenvalue weighted by atomic mass is 79.9. The Morgan fingerprint density at radius 3 is 2.55 bits per heavy atom. The highest BCUT2D eigenvalue weighted by Crippen LogP contribution is 2.34. The van der Waals surface area contributed by atoms with Gasteiger partial charge in [0.1, 0.15) is 11.5 Å². The molecule has 1 aliphatic heterocycles. The van der Waals surface area contributed by atoms with Crippen LogP contribution in [0.25, 0.3) is 17.4 Å². The van der Waals surface area contributed by atoms with Crippen LogP contribution in [0.5, 0.6) is 0 Å². The second-order valence-electron chi connectivity index (χ2n) is 6.95. The molecular weight excluding hydrogens is 482 g/mol. The summed E-state index contributed by atoms with van der Waals surface area (Å²) in [5.41, 5.74) is 3.65. The number of hydrogen-bond donors (Lipinski definition) is 1. The van der Waals surface area contributed by atoms with Crippen LogP contribution in [0, 0.1) is 24.0 Å². The van der Waals surface area contributed by atoms with Crippen molar-refractivity contribution in [3.63, 3.8) is 0 Å². The van der Waals surface area contributed by atoms with Gasteiger partial charge in [-0.2, -0.15) is 0 Å². The molecule has 0 radical (unpaired) electrons. The zero-order valence-electron chi connectivity index (χ0n) is 16.5. The van der Waals surface area contributed by atoms with E-state index >= 15 is 0 Å². The Hall–Kier alpha value is -3.17. The lowest BCUT2D eigenvalue weighted by molar-refractivity contribution is -0.384. The van der Waals surface area contributed by atoms with Crippen LogP contribution in [0.15, 0.2) is 67.3 Å². The summed E-state index contributed by atoms with van der Waals surface area (Å²) in [4.78, 5) is 27.8. The van der Waals surface area contributed by atoms with Crippen LogP contribution < -0.4 is 5.32 Å². The molecule has 4 rings (SSSR count). The van der Waals surface area contributed by atoms with Crippen LogP contribution in [0.3, 0.4) is 0 Å². The third kappa shape index (κ3) is 4.78. The molecule has 0 atom stereocenters. The molecule has 1 N–H and O–H groups in total. The summed E-state index contributed by atoms with van der Waals surface area (Å²) >= 11 is 4.58. The van der Waals surface area contributed by atoms with Crippen LogP contribution in [-0.2, 0) is 4.79 Å². The first-order valence-electron chi connectivity index (χ1n) is 9.20. The van der Waals surface area contributed by atoms with Crippen LogP contribution >= 0.6 is 27.7 Å². The first kappa shape index (κ1) is 21.1. The maximum Gasteiger partial charge on any atom is 0.270 e. The number of thioether (sulfide) groups is 1. The monoisotopic (exact) mass is 497 g/mol. The molecule has 1 amide bonds. The number of nitrogens with zero attached hydrogens (tertiary/aromatic N) is 2. The normalized spacial score (nSPS) is 16.2. The molecule has 7 nitrogen and oxygen atoms in total. The molecule has 2 aromatic carbocycles. The van der Waals surface area contributed by atoms with Crippen LogP contribution in [0.1, 0.15) is 16.9 Å². The Balaban J connectivity index is 1.56. The highest BCUT2D eigenvalue weighted by molar-refractivity contribution is 9.10. The van der Waals surface area contributed by atoms with Gasteiger partial charge in [0.25, 0.3) is 11.6 Å². The quantitative estimate of drug-likeness (QED) is 0.265. The predicted octanol–water partition coefficient (Wildman–Crippen LogP) is 6.13. The summed E-state index contributed by atoms with van der Waals surface area (Å²) in [7, 11) is 0. The summed E-state index contributed by atoms with van der Waals surface area (Å²) in [6, 6.07) is 13.9. The number of rotatable bonds is 4. The molecule has 2 heterocycles. The molecule has 9 heteroatoms. The topological polar surface area (TPSA) is 97.7 Å². The van der Waals surface area contributed by atoms with Gasteiger partial charge in [0.15, 0.2) is 5.17 Å². The van der Waals surface area contributed by atoms with E-state index in [0.717, 1.165) is 16.8 Å². The summed E-state index contributed by atoms with van der Waals surface area (Å²) in [6.07, 6.45) is 1.65. The third-order valence-electron chi connectivity index (χ3n) is 4.42. The number of non-ortho nitro benzene ring substituents is 1. The van der Waals surface area contributed by atoms with E-state index in [-0.39, 0.29) is 11.6 Å². The fourth-order valence-corrected chi connectivity index (χ4v) is 4.52. The molecule has 1 fully saturated rings. The number of nitro benzene ring substituents is 1. The van der Waals surface area contributed by atoms with Gasteiger partial charge in [0.05, 0.1) is 15.5 Å². The Morgan fingerprint density at radius 2 is 1.87 bits per heavy atom. The van der Waals surface area contributed by atoms with E-state index in [1.165, 1.54) is 23.9 Å². The number of halogens is 1. The molecule has 156 valence electrons. The molecule has 1 aromatic heterocycles. The lowest BCUT2D eigenvalue weighted by Crippen LogP contribution is -2.19. The Labute approximate surface area is 190 Å². The molecular formula is C22H16BrN3O4S. The highest BCUT2D eigenvalue weighted by Gasteiger charge is 2.24. The van der Waals surface area contributed by atoms with Gasteiger partial charge in [-0.25, -0.2) is 4.99 Å². The molecule has 0 saturated carbocycles. The summed E-state index contributed by atoms with van der Waals surface area (Å²) in [5, 5.41) is 14.2. The third-order valence-corrected chi connectivity index (χ3v) is 5.98. The molecule has 0 bridgehead atoms. The Kier molecular flexibility index (Phi) is 5.79. The molecule has 1 saturated heterocycles. The van der Waals surface area contributed by atoms with E-state index in [2.05, 4.69) is 32.3 Å². The minimum atomic E-state index is -0.459. The smallest absolute Gasteiger partial charge is 0.270 e. The number of amidine groups is 1.